The van der Waals surface area contributed by atoms with Crippen molar-refractivity contribution in [1.29, 1.82) is 0 Å². The van der Waals surface area contributed by atoms with Crippen molar-refractivity contribution in [3.05, 3.63) is 24.2 Å². The maximum absolute atomic E-state index is 9.90. The number of furan rings is 1. The van der Waals surface area contributed by atoms with Gasteiger partial charge in [-0.1, -0.05) is 26.7 Å². The lowest BCUT2D eigenvalue weighted by molar-refractivity contribution is -0.0188. The summed E-state index contributed by atoms with van der Waals surface area (Å²) >= 11 is 0. The summed E-state index contributed by atoms with van der Waals surface area (Å²) in [6.45, 7) is 4.06. The molecule has 0 amide bonds. The highest BCUT2D eigenvalue weighted by atomic mass is 16.3. The largest absolute Gasteiger partial charge is 0.472 e. The summed E-state index contributed by atoms with van der Waals surface area (Å²) in [7, 11) is 0. The molecule has 0 aliphatic heterocycles. The van der Waals surface area contributed by atoms with E-state index in [0.717, 1.165) is 18.4 Å². The lowest BCUT2D eigenvalue weighted by Crippen LogP contribution is -2.34. The van der Waals surface area contributed by atoms with Gasteiger partial charge in [0.05, 0.1) is 24.7 Å². The molecule has 1 rings (SSSR count). The fourth-order valence-electron chi connectivity index (χ4n) is 1.86. The molecule has 2 unspecified atom stereocenters. The molecule has 3 heteroatoms. The number of hydrogen-bond acceptors (Lipinski definition) is 3. The molecular formula is C12H20O3. The second kappa shape index (κ2) is 5.93. The van der Waals surface area contributed by atoms with Gasteiger partial charge < -0.3 is 14.6 Å². The van der Waals surface area contributed by atoms with Crippen molar-refractivity contribution in [2.24, 2.45) is 5.92 Å². The molecule has 1 aromatic rings. The molecular weight excluding hydrogens is 192 g/mol. The highest BCUT2D eigenvalue weighted by Gasteiger charge is 2.23. The molecule has 1 heterocycles. The second-order valence-electron chi connectivity index (χ2n) is 3.97. The Hall–Kier alpha value is -0.800. The Labute approximate surface area is 90.7 Å². The van der Waals surface area contributed by atoms with Gasteiger partial charge >= 0.3 is 0 Å². The zero-order chi connectivity index (χ0) is 11.3. The van der Waals surface area contributed by atoms with Crippen LogP contribution in [0.3, 0.4) is 0 Å². The molecule has 0 aliphatic rings. The molecule has 86 valence electrons. The Morgan fingerprint density at radius 3 is 2.40 bits per heavy atom. The molecule has 1 aromatic heterocycles. The minimum atomic E-state index is -0.701. The Bertz CT molecular complexity index is 252. The van der Waals surface area contributed by atoms with E-state index < -0.39 is 12.2 Å². The molecule has 0 spiro atoms. The quantitative estimate of drug-likeness (QED) is 0.758. The van der Waals surface area contributed by atoms with E-state index in [1.54, 1.807) is 12.5 Å². The van der Waals surface area contributed by atoms with E-state index in [9.17, 15) is 10.2 Å². The van der Waals surface area contributed by atoms with E-state index in [1.807, 2.05) is 19.9 Å². The first kappa shape index (κ1) is 12.3. The van der Waals surface area contributed by atoms with Crippen LogP contribution in [-0.2, 0) is 6.42 Å². The number of hydrogen-bond donors (Lipinski definition) is 2. The van der Waals surface area contributed by atoms with Crippen LogP contribution in [0.15, 0.2) is 23.0 Å². The van der Waals surface area contributed by atoms with Gasteiger partial charge in [-0.25, -0.2) is 0 Å². The van der Waals surface area contributed by atoms with Crippen LogP contribution in [0, 0.1) is 5.92 Å². The Balaban J connectivity index is 2.48. The normalized spacial score (nSPS) is 15.5. The maximum atomic E-state index is 9.90. The summed E-state index contributed by atoms with van der Waals surface area (Å²) < 4.78 is 4.92. The lowest BCUT2D eigenvalue weighted by atomic mass is 9.90. The maximum Gasteiger partial charge on any atom is 0.0935 e. The first-order valence-corrected chi connectivity index (χ1v) is 5.56. The van der Waals surface area contributed by atoms with E-state index in [4.69, 9.17) is 4.42 Å². The second-order valence-corrected chi connectivity index (χ2v) is 3.97. The Morgan fingerprint density at radius 1 is 1.27 bits per heavy atom. The average Bonchev–Trinajstić information content (AvgIpc) is 2.72. The van der Waals surface area contributed by atoms with Crippen molar-refractivity contribution < 1.29 is 14.6 Å². The summed E-state index contributed by atoms with van der Waals surface area (Å²) in [5.41, 5.74) is 0.924. The van der Waals surface area contributed by atoms with Gasteiger partial charge in [-0.3, -0.25) is 0 Å². The first-order chi connectivity index (χ1) is 7.19. The van der Waals surface area contributed by atoms with Crippen molar-refractivity contribution in [2.45, 2.75) is 45.3 Å². The van der Waals surface area contributed by atoms with Crippen LogP contribution < -0.4 is 0 Å². The van der Waals surface area contributed by atoms with Crippen molar-refractivity contribution in [3.63, 3.8) is 0 Å². The Kier molecular flexibility index (Phi) is 4.85. The summed E-state index contributed by atoms with van der Waals surface area (Å²) in [6.07, 6.45) is 4.06. The lowest BCUT2D eigenvalue weighted by Gasteiger charge is -2.24. The van der Waals surface area contributed by atoms with Crippen LogP contribution in [0.2, 0.25) is 0 Å². The predicted octanol–water partition coefficient (Wildman–Crippen LogP) is 1.98. The van der Waals surface area contributed by atoms with Gasteiger partial charge in [-0.2, -0.15) is 0 Å². The SMILES string of the molecule is CCC(CC)C(O)C(O)Cc1ccoc1. The topological polar surface area (TPSA) is 53.6 Å². The zero-order valence-electron chi connectivity index (χ0n) is 9.39. The van der Waals surface area contributed by atoms with E-state index in [-0.39, 0.29) is 5.92 Å². The molecule has 3 nitrogen and oxygen atoms in total. The number of aliphatic hydroxyl groups is 2. The highest BCUT2D eigenvalue weighted by molar-refractivity contribution is 5.07. The minimum absolute atomic E-state index is 0.173. The molecule has 0 saturated heterocycles. The predicted molar refractivity (Wildman–Crippen MR) is 58.5 cm³/mol. The number of rotatable bonds is 6. The Morgan fingerprint density at radius 2 is 1.93 bits per heavy atom. The van der Waals surface area contributed by atoms with Crippen molar-refractivity contribution in [2.75, 3.05) is 0 Å². The standard InChI is InChI=1S/C12H20O3/c1-3-10(4-2)12(14)11(13)7-9-5-6-15-8-9/h5-6,8,10-14H,3-4,7H2,1-2H3. The fraction of sp³-hybridized carbons (Fsp3) is 0.667. The van der Waals surface area contributed by atoms with Crippen LogP contribution in [-0.4, -0.2) is 22.4 Å². The summed E-state index contributed by atoms with van der Waals surface area (Å²) in [5.74, 6) is 0.173. The van der Waals surface area contributed by atoms with Crippen molar-refractivity contribution in [1.82, 2.24) is 0 Å². The van der Waals surface area contributed by atoms with Crippen LogP contribution in [0.4, 0.5) is 0 Å². The van der Waals surface area contributed by atoms with E-state index >= 15 is 0 Å². The molecule has 0 bridgehead atoms. The van der Waals surface area contributed by atoms with Crippen LogP contribution in [0.5, 0.6) is 0 Å². The molecule has 0 aliphatic carbocycles. The molecule has 0 saturated carbocycles. The van der Waals surface area contributed by atoms with Gasteiger partial charge in [0.25, 0.3) is 0 Å². The fourth-order valence-corrected chi connectivity index (χ4v) is 1.86. The summed E-state index contributed by atoms with van der Waals surface area (Å²) in [5, 5.41) is 19.7. The van der Waals surface area contributed by atoms with Crippen LogP contribution in [0.25, 0.3) is 0 Å². The van der Waals surface area contributed by atoms with E-state index in [1.165, 1.54) is 0 Å². The van der Waals surface area contributed by atoms with Crippen molar-refractivity contribution >= 4 is 0 Å². The van der Waals surface area contributed by atoms with E-state index in [2.05, 4.69) is 0 Å². The smallest absolute Gasteiger partial charge is 0.0935 e. The zero-order valence-corrected chi connectivity index (χ0v) is 9.39. The van der Waals surface area contributed by atoms with Gasteiger partial charge in [-0.15, -0.1) is 0 Å². The molecule has 0 radical (unpaired) electrons. The van der Waals surface area contributed by atoms with Crippen LogP contribution in [0.1, 0.15) is 32.3 Å². The van der Waals surface area contributed by atoms with Crippen LogP contribution >= 0.6 is 0 Å². The molecule has 0 aromatic carbocycles. The first-order valence-electron chi connectivity index (χ1n) is 5.56. The van der Waals surface area contributed by atoms with Gasteiger partial charge in [0.2, 0.25) is 0 Å². The summed E-state index contributed by atoms with van der Waals surface area (Å²) in [6, 6.07) is 1.81. The minimum Gasteiger partial charge on any atom is -0.472 e. The monoisotopic (exact) mass is 212 g/mol. The van der Waals surface area contributed by atoms with Crippen molar-refractivity contribution in [3.8, 4) is 0 Å². The van der Waals surface area contributed by atoms with Gasteiger partial charge in [0.1, 0.15) is 0 Å². The summed E-state index contributed by atoms with van der Waals surface area (Å²) in [4.78, 5) is 0. The van der Waals surface area contributed by atoms with Gasteiger partial charge in [0, 0.05) is 6.42 Å². The van der Waals surface area contributed by atoms with Gasteiger partial charge in [-0.05, 0) is 17.5 Å². The third-order valence-corrected chi connectivity index (χ3v) is 2.95. The molecule has 2 atom stereocenters. The molecule has 15 heavy (non-hydrogen) atoms. The van der Waals surface area contributed by atoms with Gasteiger partial charge in [0.15, 0.2) is 0 Å². The third-order valence-electron chi connectivity index (χ3n) is 2.95. The number of aliphatic hydroxyl groups excluding tert-OH is 2. The highest BCUT2D eigenvalue weighted by Crippen LogP contribution is 2.18. The average molecular weight is 212 g/mol. The molecule has 0 fully saturated rings. The van der Waals surface area contributed by atoms with E-state index in [0.29, 0.717) is 6.42 Å². The molecule has 2 N–H and O–H groups in total. The third kappa shape index (κ3) is 3.36.